The highest BCUT2D eigenvalue weighted by atomic mass is 16.5. The summed E-state index contributed by atoms with van der Waals surface area (Å²) in [5.74, 6) is 5.43. The van der Waals surface area contributed by atoms with Gasteiger partial charge in [-0.1, -0.05) is 0 Å². The van der Waals surface area contributed by atoms with Crippen LogP contribution in [0.2, 0.25) is 0 Å². The van der Waals surface area contributed by atoms with Crippen LogP contribution in [0.4, 0.5) is 5.69 Å². The molecule has 0 fully saturated rings. The van der Waals surface area contributed by atoms with Gasteiger partial charge in [-0.15, -0.1) is 0 Å². The average Bonchev–Trinajstić information content (AvgIpc) is 2.28. The average molecular weight is 210 g/mol. The molecule has 0 aliphatic carbocycles. The molecule has 15 heavy (non-hydrogen) atoms. The second-order valence-electron chi connectivity index (χ2n) is 2.78. The Morgan fingerprint density at radius 1 is 1.53 bits per heavy atom. The monoisotopic (exact) mass is 210 g/mol. The molecule has 1 aromatic carbocycles. The van der Waals surface area contributed by atoms with Gasteiger partial charge in [-0.3, -0.25) is 5.84 Å². The number of ether oxygens (including phenoxy) is 2. The fourth-order valence-corrected chi connectivity index (χ4v) is 1.15. The molecule has 0 bridgehead atoms. The Balaban J connectivity index is 3.05. The number of carbonyl (C=O) groups excluding carboxylic acids is 1. The lowest BCUT2D eigenvalue weighted by atomic mass is 10.1. The van der Waals surface area contributed by atoms with E-state index in [4.69, 9.17) is 15.3 Å². The summed E-state index contributed by atoms with van der Waals surface area (Å²) >= 11 is 0. The first-order valence-electron chi connectivity index (χ1n) is 4.54. The van der Waals surface area contributed by atoms with E-state index in [1.165, 1.54) is 7.11 Å². The van der Waals surface area contributed by atoms with Crippen molar-refractivity contribution in [2.45, 2.75) is 6.92 Å². The van der Waals surface area contributed by atoms with Crippen molar-refractivity contribution in [2.24, 2.45) is 5.84 Å². The minimum absolute atomic E-state index is 0.319. The van der Waals surface area contributed by atoms with Crippen LogP contribution in [0.25, 0.3) is 0 Å². The highest BCUT2D eigenvalue weighted by Crippen LogP contribution is 2.21. The summed E-state index contributed by atoms with van der Waals surface area (Å²) in [5.41, 5.74) is 3.30. The van der Waals surface area contributed by atoms with E-state index in [9.17, 15) is 4.79 Å². The first-order valence-corrected chi connectivity index (χ1v) is 4.54. The van der Waals surface area contributed by atoms with Gasteiger partial charge in [-0.25, -0.2) is 4.79 Å². The van der Waals surface area contributed by atoms with Gasteiger partial charge in [0.1, 0.15) is 5.75 Å². The first-order chi connectivity index (χ1) is 7.22. The molecule has 82 valence electrons. The molecule has 0 radical (unpaired) electrons. The number of hydrogen-bond acceptors (Lipinski definition) is 5. The van der Waals surface area contributed by atoms with Crippen molar-refractivity contribution in [3.05, 3.63) is 23.8 Å². The Labute approximate surface area is 88.1 Å². The summed E-state index contributed by atoms with van der Waals surface area (Å²) in [6, 6.07) is 4.94. The normalized spacial score (nSPS) is 9.53. The van der Waals surface area contributed by atoms with Crippen LogP contribution in [0.5, 0.6) is 5.75 Å². The predicted molar refractivity (Wildman–Crippen MR) is 56.8 cm³/mol. The molecule has 0 atom stereocenters. The van der Waals surface area contributed by atoms with E-state index in [-0.39, 0.29) is 0 Å². The van der Waals surface area contributed by atoms with Crippen LogP contribution in [0.3, 0.4) is 0 Å². The number of nitrogens with two attached hydrogens (primary N) is 1. The molecule has 0 saturated heterocycles. The van der Waals surface area contributed by atoms with Crippen LogP contribution in [-0.4, -0.2) is 19.7 Å². The third kappa shape index (κ3) is 2.60. The lowest BCUT2D eigenvalue weighted by molar-refractivity contribution is 0.0527. The first kappa shape index (κ1) is 11.3. The van der Waals surface area contributed by atoms with E-state index in [2.05, 4.69) is 5.43 Å². The van der Waals surface area contributed by atoms with E-state index in [1.54, 1.807) is 25.1 Å². The van der Waals surface area contributed by atoms with E-state index in [1.807, 2.05) is 0 Å². The second kappa shape index (κ2) is 5.21. The van der Waals surface area contributed by atoms with Gasteiger partial charge in [0.05, 0.1) is 25.0 Å². The minimum Gasteiger partial charge on any atom is -0.497 e. The largest absolute Gasteiger partial charge is 0.497 e. The zero-order valence-corrected chi connectivity index (χ0v) is 8.74. The van der Waals surface area contributed by atoms with Crippen LogP contribution < -0.4 is 16.0 Å². The van der Waals surface area contributed by atoms with E-state index < -0.39 is 5.97 Å². The van der Waals surface area contributed by atoms with E-state index in [0.717, 1.165) is 0 Å². The molecule has 3 N–H and O–H groups in total. The van der Waals surface area contributed by atoms with E-state index in [0.29, 0.717) is 23.6 Å². The topological polar surface area (TPSA) is 73.6 Å². The molecule has 5 nitrogen and oxygen atoms in total. The van der Waals surface area contributed by atoms with Gasteiger partial charge in [0, 0.05) is 0 Å². The molecule has 0 aliphatic rings. The fourth-order valence-electron chi connectivity index (χ4n) is 1.15. The molecular weight excluding hydrogens is 196 g/mol. The fraction of sp³-hybridized carbons (Fsp3) is 0.300. The smallest absolute Gasteiger partial charge is 0.340 e. The van der Waals surface area contributed by atoms with Gasteiger partial charge in [0.25, 0.3) is 0 Å². The van der Waals surface area contributed by atoms with Crippen LogP contribution in [0.1, 0.15) is 17.3 Å². The molecule has 0 heterocycles. The van der Waals surface area contributed by atoms with Gasteiger partial charge in [-0.05, 0) is 25.1 Å². The van der Waals surface area contributed by atoms with Crippen LogP contribution in [0.15, 0.2) is 18.2 Å². The molecule has 0 amide bonds. The number of rotatable bonds is 4. The molecule has 0 saturated carbocycles. The zero-order chi connectivity index (χ0) is 11.3. The van der Waals surface area contributed by atoms with Gasteiger partial charge in [0.15, 0.2) is 0 Å². The SMILES string of the molecule is CCOC(=O)c1cc(OC)ccc1NN. The number of methoxy groups -OCH3 is 1. The molecule has 0 aliphatic heterocycles. The van der Waals surface area contributed by atoms with Crippen LogP contribution in [0, 0.1) is 0 Å². The summed E-state index contributed by atoms with van der Waals surface area (Å²) in [5, 5.41) is 0. The number of esters is 1. The maximum atomic E-state index is 11.5. The number of hydrazine groups is 1. The van der Waals surface area contributed by atoms with Crippen molar-refractivity contribution in [3.63, 3.8) is 0 Å². The van der Waals surface area contributed by atoms with Crippen molar-refractivity contribution in [3.8, 4) is 5.75 Å². The van der Waals surface area contributed by atoms with E-state index >= 15 is 0 Å². The summed E-state index contributed by atoms with van der Waals surface area (Å²) in [4.78, 5) is 11.5. The summed E-state index contributed by atoms with van der Waals surface area (Å²) < 4.78 is 9.89. The molecule has 5 heteroatoms. The number of carbonyl (C=O) groups is 1. The Morgan fingerprint density at radius 3 is 2.80 bits per heavy atom. The molecule has 1 aromatic rings. The summed E-state index contributed by atoms with van der Waals surface area (Å²) in [7, 11) is 1.53. The molecule has 0 unspecified atom stereocenters. The summed E-state index contributed by atoms with van der Waals surface area (Å²) in [6.45, 7) is 2.06. The maximum Gasteiger partial charge on any atom is 0.340 e. The third-order valence-corrected chi connectivity index (χ3v) is 1.88. The second-order valence-corrected chi connectivity index (χ2v) is 2.78. The van der Waals surface area contributed by atoms with Crippen LogP contribution >= 0.6 is 0 Å². The van der Waals surface area contributed by atoms with Crippen molar-refractivity contribution < 1.29 is 14.3 Å². The molecule has 0 spiro atoms. The van der Waals surface area contributed by atoms with Gasteiger partial charge in [-0.2, -0.15) is 0 Å². The number of hydrogen-bond donors (Lipinski definition) is 2. The number of anilines is 1. The van der Waals surface area contributed by atoms with Gasteiger partial charge >= 0.3 is 5.97 Å². The number of nitrogen functional groups attached to an aromatic ring is 1. The maximum absolute atomic E-state index is 11.5. The Kier molecular flexibility index (Phi) is 3.93. The number of benzene rings is 1. The summed E-state index contributed by atoms with van der Waals surface area (Å²) in [6.07, 6.45) is 0. The predicted octanol–water partition coefficient (Wildman–Crippen LogP) is 1.16. The highest BCUT2D eigenvalue weighted by molar-refractivity contribution is 5.96. The lowest BCUT2D eigenvalue weighted by Gasteiger charge is -2.09. The van der Waals surface area contributed by atoms with Crippen molar-refractivity contribution in [2.75, 3.05) is 19.1 Å². The standard InChI is InChI=1S/C10H14N2O3/c1-3-15-10(13)8-6-7(14-2)4-5-9(8)12-11/h4-6,12H,3,11H2,1-2H3. The molecule has 0 aromatic heterocycles. The van der Waals surface area contributed by atoms with Gasteiger partial charge in [0.2, 0.25) is 0 Å². The van der Waals surface area contributed by atoms with Crippen molar-refractivity contribution >= 4 is 11.7 Å². The molecular formula is C10H14N2O3. The van der Waals surface area contributed by atoms with Crippen molar-refractivity contribution in [1.82, 2.24) is 0 Å². The molecule has 1 rings (SSSR count). The quantitative estimate of drug-likeness (QED) is 0.443. The Bertz CT molecular complexity index is 353. The van der Waals surface area contributed by atoms with Crippen LogP contribution in [-0.2, 0) is 4.74 Å². The Hall–Kier alpha value is -1.75. The third-order valence-electron chi connectivity index (χ3n) is 1.88. The van der Waals surface area contributed by atoms with Gasteiger partial charge < -0.3 is 14.9 Å². The zero-order valence-electron chi connectivity index (χ0n) is 8.74. The Morgan fingerprint density at radius 2 is 2.27 bits per heavy atom. The highest BCUT2D eigenvalue weighted by Gasteiger charge is 2.12. The number of nitrogens with one attached hydrogen (secondary N) is 1. The minimum atomic E-state index is -0.427. The van der Waals surface area contributed by atoms with Crippen molar-refractivity contribution in [1.29, 1.82) is 0 Å². The lowest BCUT2D eigenvalue weighted by Crippen LogP contribution is -2.13.